The molecule has 0 bridgehead atoms. The van der Waals surface area contributed by atoms with Gasteiger partial charge in [-0.25, -0.2) is 0 Å². The number of benzene rings is 2. The predicted molar refractivity (Wildman–Crippen MR) is 145 cm³/mol. The molecule has 0 radical (unpaired) electrons. The number of H-pyrrole nitrogens is 1. The van der Waals surface area contributed by atoms with E-state index in [1.165, 1.54) is 27.6 Å². The third-order valence-corrected chi connectivity index (χ3v) is 9.05. The van der Waals surface area contributed by atoms with E-state index < -0.39 is 11.2 Å². The number of piperidine rings is 1. The maximum absolute atomic E-state index is 10.6. The van der Waals surface area contributed by atoms with Crippen molar-refractivity contribution in [2.45, 2.75) is 84.1 Å². The largest absolute Gasteiger partial charge is 0.496 e. The van der Waals surface area contributed by atoms with Gasteiger partial charge in [-0.05, 0) is 107 Å². The normalized spacial score (nSPS) is 25.3. The highest BCUT2D eigenvalue weighted by Gasteiger charge is 2.52. The van der Waals surface area contributed by atoms with Gasteiger partial charge in [0.15, 0.2) is 0 Å². The van der Waals surface area contributed by atoms with E-state index in [1.807, 2.05) is 33.9 Å². The Balaban J connectivity index is 1.48. The van der Waals surface area contributed by atoms with Gasteiger partial charge < -0.3 is 19.9 Å². The van der Waals surface area contributed by atoms with E-state index in [1.54, 1.807) is 7.11 Å². The van der Waals surface area contributed by atoms with Crippen molar-refractivity contribution in [2.75, 3.05) is 13.7 Å². The molecule has 36 heavy (non-hydrogen) atoms. The molecule has 2 aromatic carbocycles. The van der Waals surface area contributed by atoms with Gasteiger partial charge in [-0.1, -0.05) is 24.3 Å². The maximum atomic E-state index is 10.6. The van der Waals surface area contributed by atoms with Crippen LogP contribution < -0.4 is 4.74 Å². The van der Waals surface area contributed by atoms with Crippen LogP contribution in [-0.4, -0.2) is 39.4 Å². The van der Waals surface area contributed by atoms with Crippen molar-refractivity contribution in [1.29, 1.82) is 0 Å². The number of hydrogen-bond acceptors (Lipinski definition) is 4. The number of aromatic amines is 1. The number of aromatic nitrogens is 1. The van der Waals surface area contributed by atoms with Gasteiger partial charge in [-0.15, -0.1) is 0 Å². The molecule has 0 amide bonds. The molecular formula is C31H42N2O3. The minimum atomic E-state index is -0.852. The summed E-state index contributed by atoms with van der Waals surface area (Å²) in [4.78, 5) is 6.02. The Morgan fingerprint density at radius 1 is 1.06 bits per heavy atom. The Hall–Kier alpha value is -2.34. The van der Waals surface area contributed by atoms with Crippen LogP contribution in [-0.2, 0) is 12.1 Å². The molecule has 2 heterocycles. The monoisotopic (exact) mass is 490 g/mol. The fourth-order valence-corrected chi connectivity index (χ4v) is 6.65. The van der Waals surface area contributed by atoms with Crippen molar-refractivity contribution in [2.24, 2.45) is 11.3 Å². The summed E-state index contributed by atoms with van der Waals surface area (Å²) in [6.45, 7) is 11.5. The number of rotatable bonds is 6. The maximum Gasteiger partial charge on any atom is 0.124 e. The minimum absolute atomic E-state index is 0.275. The third kappa shape index (κ3) is 4.57. The van der Waals surface area contributed by atoms with Gasteiger partial charge in [0.2, 0.25) is 0 Å². The third-order valence-electron chi connectivity index (χ3n) is 9.05. The second-order valence-electron chi connectivity index (χ2n) is 12.5. The first-order chi connectivity index (χ1) is 16.9. The first kappa shape index (κ1) is 25.3. The van der Waals surface area contributed by atoms with Gasteiger partial charge >= 0.3 is 0 Å². The number of nitrogens with zero attached hydrogens (tertiary/aromatic N) is 1. The molecule has 1 aliphatic heterocycles. The van der Waals surface area contributed by atoms with E-state index in [2.05, 4.69) is 53.2 Å². The molecule has 1 spiro atoms. The summed E-state index contributed by atoms with van der Waals surface area (Å²) in [5, 5.41) is 22.3. The zero-order valence-electron chi connectivity index (χ0n) is 22.7. The lowest BCUT2D eigenvalue weighted by Gasteiger charge is -2.57. The molecule has 5 rings (SSSR count). The fraction of sp³-hybridized carbons (Fsp3) is 0.548. The van der Waals surface area contributed by atoms with Crippen LogP contribution in [0.1, 0.15) is 81.7 Å². The van der Waals surface area contributed by atoms with Gasteiger partial charge in [0, 0.05) is 35.2 Å². The Morgan fingerprint density at radius 2 is 1.75 bits per heavy atom. The zero-order valence-corrected chi connectivity index (χ0v) is 22.7. The molecule has 2 fully saturated rings. The van der Waals surface area contributed by atoms with Gasteiger partial charge in [0.1, 0.15) is 5.75 Å². The lowest BCUT2D eigenvalue weighted by Crippen LogP contribution is -2.53. The van der Waals surface area contributed by atoms with Crippen LogP contribution in [0.5, 0.6) is 5.75 Å². The smallest absolute Gasteiger partial charge is 0.124 e. The highest BCUT2D eigenvalue weighted by molar-refractivity contribution is 5.88. The highest BCUT2D eigenvalue weighted by atomic mass is 16.5. The van der Waals surface area contributed by atoms with Crippen LogP contribution in [0.4, 0.5) is 0 Å². The molecule has 5 nitrogen and oxygen atoms in total. The average molecular weight is 491 g/mol. The summed E-state index contributed by atoms with van der Waals surface area (Å²) >= 11 is 0. The van der Waals surface area contributed by atoms with E-state index in [0.29, 0.717) is 11.3 Å². The van der Waals surface area contributed by atoms with Crippen LogP contribution in [0.15, 0.2) is 42.6 Å². The van der Waals surface area contributed by atoms with Crippen molar-refractivity contribution in [3.05, 3.63) is 64.8 Å². The van der Waals surface area contributed by atoms with Gasteiger partial charge in [-0.2, -0.15) is 0 Å². The average Bonchev–Trinajstić information content (AvgIpc) is 3.29. The van der Waals surface area contributed by atoms with E-state index in [0.717, 1.165) is 50.1 Å². The van der Waals surface area contributed by atoms with Crippen molar-refractivity contribution >= 4 is 10.9 Å². The van der Waals surface area contributed by atoms with Crippen molar-refractivity contribution in [3.8, 4) is 5.75 Å². The summed E-state index contributed by atoms with van der Waals surface area (Å²) in [5.74, 6) is 1.32. The molecule has 1 aliphatic carbocycles. The lowest BCUT2D eigenvalue weighted by atomic mass is 9.52. The van der Waals surface area contributed by atoms with Crippen molar-refractivity contribution in [3.63, 3.8) is 0 Å². The zero-order chi connectivity index (χ0) is 25.9. The van der Waals surface area contributed by atoms with E-state index in [9.17, 15) is 10.2 Å². The Kier molecular flexibility index (Phi) is 6.26. The summed E-state index contributed by atoms with van der Waals surface area (Å²) in [5.41, 5.74) is 4.67. The molecule has 2 aliphatic rings. The number of fused-ring (bicyclic) bond motifs is 1. The summed E-state index contributed by atoms with van der Waals surface area (Å²) < 4.78 is 5.87. The second kappa shape index (κ2) is 8.90. The van der Waals surface area contributed by atoms with Gasteiger partial charge in [0.05, 0.1) is 18.3 Å². The molecule has 1 aromatic heterocycles. The lowest BCUT2D eigenvalue weighted by molar-refractivity contribution is -0.119. The van der Waals surface area contributed by atoms with Crippen molar-refractivity contribution < 1.29 is 14.9 Å². The minimum Gasteiger partial charge on any atom is -0.496 e. The number of aryl methyl sites for hydroxylation is 1. The molecule has 1 atom stereocenters. The van der Waals surface area contributed by atoms with Crippen LogP contribution in [0, 0.1) is 18.3 Å². The molecule has 194 valence electrons. The van der Waals surface area contributed by atoms with Crippen LogP contribution in [0.25, 0.3) is 10.9 Å². The number of hydrogen-bond donors (Lipinski definition) is 3. The Morgan fingerprint density at radius 3 is 2.36 bits per heavy atom. The Bertz CT molecular complexity index is 1220. The van der Waals surface area contributed by atoms with Crippen LogP contribution >= 0.6 is 0 Å². The molecule has 3 aromatic rings. The van der Waals surface area contributed by atoms with E-state index in [-0.39, 0.29) is 6.04 Å². The first-order valence-corrected chi connectivity index (χ1v) is 13.3. The number of likely N-dealkylation sites (tertiary alicyclic amines) is 1. The van der Waals surface area contributed by atoms with Gasteiger partial charge in [0.25, 0.3) is 0 Å². The number of aliphatic hydroxyl groups is 2. The summed E-state index contributed by atoms with van der Waals surface area (Å²) in [6.07, 6.45) is 6.45. The van der Waals surface area contributed by atoms with E-state index >= 15 is 0 Å². The molecule has 3 N–H and O–H groups in total. The summed E-state index contributed by atoms with van der Waals surface area (Å²) in [6, 6.07) is 13.1. The quantitative estimate of drug-likeness (QED) is 0.384. The standard InChI is InChI=1S/C31H42N2O3/c1-20-15-27(36-6)25(24-11-13-32-28(20)24)19-33-14-12-31(16-23(17-31)30(4,5)35)18-26(33)21-7-9-22(10-8-21)29(2,3)34/h7-11,13,15,23,26,32,34-35H,12,14,16-19H2,1-6H3/t23?,26-,31?/m0/s1. The SMILES string of the molecule is COc1cc(C)c2[nH]ccc2c1CN1CCC2(CC(C(C)(C)O)C2)C[C@H]1c1ccc(C(C)(C)O)cc1. The number of ether oxygens (including phenoxy) is 1. The predicted octanol–water partition coefficient (Wildman–Crippen LogP) is 6.22. The van der Waals surface area contributed by atoms with Crippen LogP contribution in [0.3, 0.4) is 0 Å². The summed E-state index contributed by atoms with van der Waals surface area (Å²) in [7, 11) is 1.76. The number of methoxy groups -OCH3 is 1. The Labute approximate surface area is 215 Å². The molecular weight excluding hydrogens is 448 g/mol. The first-order valence-electron chi connectivity index (χ1n) is 13.3. The molecule has 1 saturated carbocycles. The van der Waals surface area contributed by atoms with E-state index in [4.69, 9.17) is 4.74 Å². The van der Waals surface area contributed by atoms with Crippen molar-refractivity contribution in [1.82, 2.24) is 9.88 Å². The topological polar surface area (TPSA) is 68.7 Å². The molecule has 5 heteroatoms. The highest BCUT2D eigenvalue weighted by Crippen LogP contribution is 2.59. The number of nitrogens with one attached hydrogen (secondary N) is 1. The fourth-order valence-electron chi connectivity index (χ4n) is 6.65. The second-order valence-corrected chi connectivity index (χ2v) is 12.5. The van der Waals surface area contributed by atoms with Gasteiger partial charge in [-0.3, -0.25) is 4.90 Å². The van der Waals surface area contributed by atoms with Crippen LogP contribution in [0.2, 0.25) is 0 Å². The molecule has 1 saturated heterocycles. The molecule has 0 unspecified atom stereocenters.